The molecule has 24 heteroatoms. The highest BCUT2D eigenvalue weighted by molar-refractivity contribution is 5.99. The molecular formula is C55H82N8O16. The van der Waals surface area contributed by atoms with Gasteiger partial charge < -0.3 is 72.8 Å². The fraction of sp³-hybridized carbons (Fsp3) is 0.600. The lowest BCUT2D eigenvalue weighted by Crippen LogP contribution is -2.61. The van der Waals surface area contributed by atoms with Crippen LogP contribution in [0.1, 0.15) is 110 Å². The van der Waals surface area contributed by atoms with Crippen molar-refractivity contribution >= 4 is 59.2 Å². The fourth-order valence-electron chi connectivity index (χ4n) is 8.87. The first kappa shape index (κ1) is 66.3. The number of likely N-dealkylation sites (tertiary alicyclic amines) is 1. The molecule has 438 valence electrons. The highest BCUT2D eigenvalue weighted by atomic mass is 16.4. The molecule has 1 saturated heterocycles. The molecule has 1 aliphatic rings. The Bertz CT molecular complexity index is 2340. The molecule has 0 spiro atoms. The molecule has 1 heterocycles. The number of aliphatic hydroxyl groups is 4. The Morgan fingerprint density at radius 3 is 1.57 bits per heavy atom. The number of carbonyl (C=O) groups excluding carboxylic acids is 8. The molecule has 0 bridgehead atoms. The number of β-amino-alcohol motifs (C(OH)–C–C–N with tert-alkyl or cyclic N) is 1. The summed E-state index contributed by atoms with van der Waals surface area (Å²) in [6.07, 6.45) is -0.455. The Morgan fingerprint density at radius 2 is 1.04 bits per heavy atom. The van der Waals surface area contributed by atoms with E-state index in [2.05, 4.69) is 51.1 Å². The second kappa shape index (κ2) is 33.4. The number of carboxylic acids is 2. The van der Waals surface area contributed by atoms with E-state index in [0.717, 1.165) is 24.2 Å². The second-order valence-electron chi connectivity index (χ2n) is 21.3. The first-order valence-corrected chi connectivity index (χ1v) is 26.9. The van der Waals surface area contributed by atoms with Gasteiger partial charge in [0.15, 0.2) is 0 Å². The Balaban J connectivity index is 1.75. The van der Waals surface area contributed by atoms with Crippen molar-refractivity contribution in [2.75, 3.05) is 19.8 Å². The minimum Gasteiger partial charge on any atom is -0.481 e. The number of rotatable bonds is 34. The van der Waals surface area contributed by atoms with Gasteiger partial charge in [-0.05, 0) is 41.7 Å². The number of aliphatic hydroxyl groups excluding tert-OH is 4. The van der Waals surface area contributed by atoms with Gasteiger partial charge in [0.1, 0.15) is 48.3 Å². The SMILES string of the molecule is CC(C)CCCCCC(O)CC(=O)N[C@H](CC(=O)O)C(=O)NC(Cc1ccccc1)C(=O)N[C@@H](CO)C(=O)N[C@@H](C(=O)N1C[C@H](O)C[C@H]1C(=O)N[C@@H](CO)C(=O)N[C@H](CC(C)C)C(=O)N[C@@H](Cc1ccccc1)C(=O)O)C(C)C. The third-order valence-corrected chi connectivity index (χ3v) is 13.1. The van der Waals surface area contributed by atoms with Crippen molar-refractivity contribution in [3.63, 3.8) is 0 Å². The number of carboxylic acid groups (broad SMARTS) is 2. The number of hydrogen-bond donors (Lipinski definition) is 13. The molecule has 0 aromatic heterocycles. The van der Waals surface area contributed by atoms with Crippen LogP contribution >= 0.6 is 0 Å². The predicted molar refractivity (Wildman–Crippen MR) is 287 cm³/mol. The first-order chi connectivity index (χ1) is 37.3. The maximum atomic E-state index is 14.3. The first-order valence-electron chi connectivity index (χ1n) is 26.9. The molecule has 24 nitrogen and oxygen atoms in total. The Hall–Kier alpha value is -7.02. The number of carbonyl (C=O) groups is 10. The molecule has 2 unspecified atom stereocenters. The summed E-state index contributed by atoms with van der Waals surface area (Å²) in [4.78, 5) is 135. The van der Waals surface area contributed by atoms with Crippen molar-refractivity contribution in [3.05, 3.63) is 71.8 Å². The minimum absolute atomic E-state index is 0.0362. The minimum atomic E-state index is -1.77. The number of nitrogens with one attached hydrogen (secondary N) is 7. The molecule has 2 aromatic rings. The molecular weight excluding hydrogens is 1030 g/mol. The summed E-state index contributed by atoms with van der Waals surface area (Å²) < 4.78 is 0. The number of nitrogens with zero attached hydrogens (tertiary/aromatic N) is 1. The van der Waals surface area contributed by atoms with Crippen molar-refractivity contribution in [1.82, 2.24) is 42.1 Å². The van der Waals surface area contributed by atoms with Gasteiger partial charge >= 0.3 is 11.9 Å². The second-order valence-corrected chi connectivity index (χ2v) is 21.3. The van der Waals surface area contributed by atoms with E-state index >= 15 is 0 Å². The summed E-state index contributed by atoms with van der Waals surface area (Å²) in [6, 6.07) is 4.49. The van der Waals surface area contributed by atoms with E-state index in [4.69, 9.17) is 0 Å². The molecule has 1 fully saturated rings. The Labute approximate surface area is 460 Å². The van der Waals surface area contributed by atoms with Gasteiger partial charge in [0.25, 0.3) is 0 Å². The normalized spacial score (nSPS) is 17.3. The third-order valence-electron chi connectivity index (χ3n) is 13.1. The van der Waals surface area contributed by atoms with Crippen molar-refractivity contribution in [2.45, 2.75) is 173 Å². The standard InChI is InChI=1S/C55H82N8O16/c1-31(2)16-10-7-15-21-36(66)26-45(68)56-40(27-46(69)70)50(73)58-39(23-34-17-11-8-12-18-34)49(72)60-43(30-65)52(75)62-47(33(5)6)54(77)63-28-37(67)25-44(63)53(76)61-42(29-64)51(74)57-38(22-32(3)4)48(71)59-41(55(78)79)24-35-19-13-9-14-20-35/h8-9,11-14,17-20,31-33,36-44,47,64-67H,7,10,15-16,21-30H2,1-6H3,(H,56,68)(H,57,74)(H,58,73)(H,59,71)(H,60,72)(H,61,76)(H,62,75)(H,69,70)(H,78,79)/t36?,37-,38-,39?,40-,41+,42+,43+,44+,47-/m1/s1. The zero-order valence-corrected chi connectivity index (χ0v) is 45.9. The lowest BCUT2D eigenvalue weighted by Gasteiger charge is -2.32. The van der Waals surface area contributed by atoms with Crippen LogP contribution in [0.2, 0.25) is 0 Å². The average Bonchev–Trinajstić information content (AvgIpc) is 3.80. The zero-order valence-electron chi connectivity index (χ0n) is 45.9. The van der Waals surface area contributed by atoms with Crippen molar-refractivity contribution in [1.29, 1.82) is 0 Å². The van der Waals surface area contributed by atoms with Crippen LogP contribution in [-0.4, -0.2) is 175 Å². The van der Waals surface area contributed by atoms with Gasteiger partial charge in [-0.1, -0.05) is 128 Å². The van der Waals surface area contributed by atoms with Crippen molar-refractivity contribution in [3.8, 4) is 0 Å². The van der Waals surface area contributed by atoms with E-state index in [1.54, 1.807) is 88.4 Å². The van der Waals surface area contributed by atoms with Gasteiger partial charge in [-0.3, -0.25) is 43.2 Å². The Morgan fingerprint density at radius 1 is 0.557 bits per heavy atom. The van der Waals surface area contributed by atoms with Crippen LogP contribution in [-0.2, 0) is 60.8 Å². The van der Waals surface area contributed by atoms with Gasteiger partial charge in [-0.25, -0.2) is 4.79 Å². The van der Waals surface area contributed by atoms with Crippen molar-refractivity contribution in [2.24, 2.45) is 17.8 Å². The number of aliphatic carboxylic acids is 2. The molecule has 13 N–H and O–H groups in total. The van der Waals surface area contributed by atoms with Crippen LogP contribution < -0.4 is 37.2 Å². The van der Waals surface area contributed by atoms with Gasteiger partial charge in [-0.2, -0.15) is 0 Å². The number of hydrogen-bond acceptors (Lipinski definition) is 14. The largest absolute Gasteiger partial charge is 0.481 e. The summed E-state index contributed by atoms with van der Waals surface area (Å²) in [5, 5.41) is 78.4. The third kappa shape index (κ3) is 23.1. The van der Waals surface area contributed by atoms with Crippen LogP contribution in [0.5, 0.6) is 0 Å². The maximum Gasteiger partial charge on any atom is 0.326 e. The molecule has 1 aliphatic heterocycles. The topological polar surface area (TPSA) is 380 Å². The fourth-order valence-corrected chi connectivity index (χ4v) is 8.87. The van der Waals surface area contributed by atoms with E-state index in [1.807, 2.05) is 0 Å². The van der Waals surface area contributed by atoms with Gasteiger partial charge in [-0.15, -0.1) is 0 Å². The summed E-state index contributed by atoms with van der Waals surface area (Å²) in [5.74, 6) is -10.9. The van der Waals surface area contributed by atoms with E-state index in [-0.39, 0.29) is 31.6 Å². The summed E-state index contributed by atoms with van der Waals surface area (Å²) in [7, 11) is 0. The lowest BCUT2D eigenvalue weighted by molar-refractivity contribution is -0.144. The van der Waals surface area contributed by atoms with Crippen LogP contribution in [0.15, 0.2) is 60.7 Å². The van der Waals surface area contributed by atoms with Gasteiger partial charge in [0, 0.05) is 25.8 Å². The molecule has 0 radical (unpaired) electrons. The van der Waals surface area contributed by atoms with E-state index < -0.39 is 158 Å². The molecule has 2 aromatic carbocycles. The molecule has 10 atom stereocenters. The van der Waals surface area contributed by atoms with Crippen LogP contribution in [0, 0.1) is 17.8 Å². The highest BCUT2D eigenvalue weighted by Crippen LogP contribution is 2.22. The maximum absolute atomic E-state index is 14.3. The predicted octanol–water partition coefficient (Wildman–Crippen LogP) is -0.569. The lowest BCUT2D eigenvalue weighted by atomic mass is 10.0. The highest BCUT2D eigenvalue weighted by Gasteiger charge is 2.44. The molecule has 0 saturated carbocycles. The van der Waals surface area contributed by atoms with Crippen molar-refractivity contribution < 1.29 is 78.6 Å². The average molecular weight is 1110 g/mol. The number of unbranched alkanes of at least 4 members (excludes halogenated alkanes) is 2. The van der Waals surface area contributed by atoms with E-state index in [9.17, 15) is 78.6 Å². The number of benzene rings is 2. The molecule has 0 aliphatic carbocycles. The summed E-state index contributed by atoms with van der Waals surface area (Å²) in [5.41, 5.74) is 1.14. The monoisotopic (exact) mass is 1110 g/mol. The summed E-state index contributed by atoms with van der Waals surface area (Å²) >= 11 is 0. The molecule has 8 amide bonds. The van der Waals surface area contributed by atoms with Gasteiger partial charge in [0.05, 0.1) is 38.3 Å². The van der Waals surface area contributed by atoms with Crippen LogP contribution in [0.3, 0.4) is 0 Å². The zero-order chi connectivity index (χ0) is 58.9. The van der Waals surface area contributed by atoms with E-state index in [1.165, 1.54) is 0 Å². The van der Waals surface area contributed by atoms with Gasteiger partial charge in [0.2, 0.25) is 47.3 Å². The van der Waals surface area contributed by atoms with Crippen LogP contribution in [0.25, 0.3) is 0 Å². The van der Waals surface area contributed by atoms with E-state index in [0.29, 0.717) is 29.9 Å². The number of amides is 8. The molecule has 3 rings (SSSR count). The quantitative estimate of drug-likeness (QED) is 0.0390. The smallest absolute Gasteiger partial charge is 0.326 e. The summed E-state index contributed by atoms with van der Waals surface area (Å²) in [6.45, 7) is 8.36. The van der Waals surface area contributed by atoms with Crippen LogP contribution in [0.4, 0.5) is 0 Å². The molecule has 79 heavy (non-hydrogen) atoms. The Kier molecular flexibility index (Phi) is 28.0.